The second-order valence-electron chi connectivity index (χ2n) is 3.89. The first-order chi connectivity index (χ1) is 6.77. The van der Waals surface area contributed by atoms with Gasteiger partial charge in [0.2, 0.25) is 0 Å². The highest BCUT2D eigenvalue weighted by molar-refractivity contribution is 7.91. The summed E-state index contributed by atoms with van der Waals surface area (Å²) in [5.41, 5.74) is 0. The molecular formula is C8H16O5S2. The van der Waals surface area contributed by atoms with Crippen LogP contribution in [0.15, 0.2) is 0 Å². The molecule has 0 heterocycles. The van der Waals surface area contributed by atoms with Crippen LogP contribution < -0.4 is 0 Å². The Balaban J connectivity index is 2.65. The maximum atomic E-state index is 11.3. The van der Waals surface area contributed by atoms with Gasteiger partial charge in [-0.25, -0.2) is 8.42 Å². The Bertz CT molecular complexity index is 400. The first-order valence-corrected chi connectivity index (χ1v) is 8.18. The van der Waals surface area contributed by atoms with E-state index in [4.69, 9.17) is 0 Å². The largest absolute Gasteiger partial charge is 0.273 e. The van der Waals surface area contributed by atoms with Gasteiger partial charge in [-0.05, 0) is 25.7 Å². The number of sulfone groups is 1. The molecule has 1 aliphatic carbocycles. The summed E-state index contributed by atoms with van der Waals surface area (Å²) in [7, 11) is -5.39. The summed E-state index contributed by atoms with van der Waals surface area (Å²) in [5, 5.41) is -0.929. The van der Waals surface area contributed by atoms with Crippen LogP contribution in [-0.2, 0) is 24.1 Å². The Morgan fingerprint density at radius 3 is 1.67 bits per heavy atom. The molecule has 0 spiro atoms. The predicted octanol–water partition coefficient (Wildman–Crippen LogP) is 0.318. The predicted molar refractivity (Wildman–Crippen MR) is 56.8 cm³/mol. The average Bonchev–Trinajstić information content (AvgIpc) is 2.17. The van der Waals surface area contributed by atoms with Crippen LogP contribution in [0.4, 0.5) is 0 Å². The molecule has 0 N–H and O–H groups in total. The molecule has 0 aromatic carbocycles. The molecule has 0 bridgehead atoms. The third-order valence-corrected chi connectivity index (χ3v) is 6.30. The van der Waals surface area contributed by atoms with Gasteiger partial charge in [-0.3, -0.25) is 4.18 Å². The topological polar surface area (TPSA) is 77.5 Å². The lowest BCUT2D eigenvalue weighted by atomic mass is 10.00. The molecule has 5 nitrogen and oxygen atoms in total. The fraction of sp³-hybridized carbons (Fsp3) is 1.00. The highest BCUT2D eigenvalue weighted by atomic mass is 32.2. The Labute approximate surface area is 90.9 Å². The third-order valence-electron chi connectivity index (χ3n) is 2.87. The molecule has 1 saturated carbocycles. The molecular weight excluding hydrogens is 240 g/mol. The smallest absolute Gasteiger partial charge is 0.269 e. The van der Waals surface area contributed by atoms with Crippen molar-refractivity contribution in [1.29, 1.82) is 0 Å². The summed E-state index contributed by atoms with van der Waals surface area (Å²) < 4.78 is 49.6. The van der Waals surface area contributed by atoms with Gasteiger partial charge in [-0.1, -0.05) is 0 Å². The Morgan fingerprint density at radius 1 is 0.933 bits per heavy atom. The first kappa shape index (κ1) is 12.9. The van der Waals surface area contributed by atoms with Gasteiger partial charge in [0.1, 0.15) is 9.84 Å². The highest BCUT2D eigenvalue weighted by Gasteiger charge is 2.34. The fourth-order valence-corrected chi connectivity index (χ4v) is 4.14. The van der Waals surface area contributed by atoms with Gasteiger partial charge in [0.05, 0.1) is 17.6 Å². The molecule has 0 unspecified atom stereocenters. The van der Waals surface area contributed by atoms with E-state index in [1.807, 2.05) is 0 Å². The molecule has 0 aromatic rings. The van der Waals surface area contributed by atoms with Crippen LogP contribution in [0.3, 0.4) is 0 Å². The molecule has 0 atom stereocenters. The van der Waals surface area contributed by atoms with E-state index in [-0.39, 0.29) is 5.25 Å². The van der Waals surface area contributed by atoms with Crippen molar-refractivity contribution in [1.82, 2.24) is 0 Å². The van der Waals surface area contributed by atoms with Crippen LogP contribution in [-0.4, -0.2) is 40.7 Å². The molecule has 0 saturated heterocycles. The standard InChI is InChI=1S/C8H16O5S2/c1-13-15(11,12)8-5-3-7(4-6-8)14(2,9)10/h7-8H,3-6H2,1-2H3. The molecule has 7 heteroatoms. The van der Waals surface area contributed by atoms with Crippen LogP contribution in [0.5, 0.6) is 0 Å². The maximum absolute atomic E-state index is 11.3. The van der Waals surface area contributed by atoms with Gasteiger partial charge < -0.3 is 0 Å². The summed E-state index contributed by atoms with van der Waals surface area (Å²) in [5.74, 6) is 0. The van der Waals surface area contributed by atoms with Crippen LogP contribution in [0, 0.1) is 0 Å². The van der Waals surface area contributed by atoms with Crippen molar-refractivity contribution < 1.29 is 21.0 Å². The minimum absolute atomic E-state index is 0.369. The summed E-state index contributed by atoms with van der Waals surface area (Å²) in [6.45, 7) is 0. The monoisotopic (exact) mass is 256 g/mol. The number of hydrogen-bond acceptors (Lipinski definition) is 5. The van der Waals surface area contributed by atoms with Gasteiger partial charge in [-0.2, -0.15) is 8.42 Å². The van der Waals surface area contributed by atoms with E-state index in [0.29, 0.717) is 25.7 Å². The molecule has 0 aliphatic heterocycles. The molecule has 0 aromatic heterocycles. The Hall–Kier alpha value is -0.140. The molecule has 1 fully saturated rings. The minimum atomic E-state index is -3.48. The lowest BCUT2D eigenvalue weighted by Crippen LogP contribution is -2.33. The summed E-state index contributed by atoms with van der Waals surface area (Å²) in [6.07, 6.45) is 2.75. The Kier molecular flexibility index (Phi) is 3.78. The van der Waals surface area contributed by atoms with Crippen molar-refractivity contribution >= 4 is 20.0 Å². The molecule has 90 valence electrons. The van der Waals surface area contributed by atoms with E-state index < -0.39 is 25.2 Å². The minimum Gasteiger partial charge on any atom is -0.273 e. The molecule has 15 heavy (non-hydrogen) atoms. The lowest BCUT2D eigenvalue weighted by Gasteiger charge is -2.26. The maximum Gasteiger partial charge on any atom is 0.269 e. The molecule has 1 rings (SSSR count). The van der Waals surface area contributed by atoms with E-state index >= 15 is 0 Å². The van der Waals surface area contributed by atoms with Crippen molar-refractivity contribution in [2.24, 2.45) is 0 Å². The summed E-state index contributed by atoms with van der Waals surface area (Å²) >= 11 is 0. The zero-order chi connectivity index (χ0) is 11.7. The van der Waals surface area contributed by atoms with Crippen LogP contribution in [0.1, 0.15) is 25.7 Å². The normalized spacial score (nSPS) is 28.9. The average molecular weight is 256 g/mol. The fourth-order valence-electron chi connectivity index (χ4n) is 1.89. The number of hydrogen-bond donors (Lipinski definition) is 0. The Morgan fingerprint density at radius 2 is 1.33 bits per heavy atom. The zero-order valence-electron chi connectivity index (χ0n) is 8.84. The summed E-state index contributed by atoms with van der Waals surface area (Å²) in [6, 6.07) is 0. The SMILES string of the molecule is COS(=O)(=O)C1CCC(S(C)(=O)=O)CC1. The van der Waals surface area contributed by atoms with Crippen LogP contribution in [0.25, 0.3) is 0 Å². The van der Waals surface area contributed by atoms with E-state index in [1.165, 1.54) is 6.26 Å². The molecule has 0 radical (unpaired) electrons. The van der Waals surface area contributed by atoms with Gasteiger partial charge >= 0.3 is 0 Å². The van der Waals surface area contributed by atoms with Gasteiger partial charge in [0.15, 0.2) is 0 Å². The highest BCUT2D eigenvalue weighted by Crippen LogP contribution is 2.28. The van der Waals surface area contributed by atoms with Gasteiger partial charge in [0, 0.05) is 6.26 Å². The lowest BCUT2D eigenvalue weighted by molar-refractivity contribution is 0.368. The second kappa shape index (κ2) is 4.39. The third kappa shape index (κ3) is 3.15. The van der Waals surface area contributed by atoms with Crippen molar-refractivity contribution in [2.45, 2.75) is 36.2 Å². The first-order valence-electron chi connectivity index (χ1n) is 4.75. The van der Waals surface area contributed by atoms with Crippen molar-refractivity contribution in [3.05, 3.63) is 0 Å². The van der Waals surface area contributed by atoms with Crippen molar-refractivity contribution in [3.63, 3.8) is 0 Å². The summed E-state index contributed by atoms with van der Waals surface area (Å²) in [4.78, 5) is 0. The van der Waals surface area contributed by atoms with Gasteiger partial charge in [-0.15, -0.1) is 0 Å². The van der Waals surface area contributed by atoms with E-state index in [9.17, 15) is 16.8 Å². The second-order valence-corrected chi connectivity index (χ2v) is 8.20. The van der Waals surface area contributed by atoms with Crippen LogP contribution in [0.2, 0.25) is 0 Å². The quantitative estimate of drug-likeness (QED) is 0.679. The zero-order valence-corrected chi connectivity index (χ0v) is 10.5. The van der Waals surface area contributed by atoms with E-state index in [1.54, 1.807) is 0 Å². The number of rotatable bonds is 3. The van der Waals surface area contributed by atoms with E-state index in [2.05, 4.69) is 4.18 Å². The van der Waals surface area contributed by atoms with Gasteiger partial charge in [0.25, 0.3) is 10.1 Å². The van der Waals surface area contributed by atoms with E-state index in [0.717, 1.165) is 7.11 Å². The van der Waals surface area contributed by atoms with Crippen molar-refractivity contribution in [2.75, 3.05) is 13.4 Å². The van der Waals surface area contributed by atoms with Crippen LogP contribution >= 0.6 is 0 Å². The van der Waals surface area contributed by atoms with Crippen molar-refractivity contribution in [3.8, 4) is 0 Å². The molecule has 1 aliphatic rings. The molecule has 0 amide bonds.